The lowest BCUT2D eigenvalue weighted by Gasteiger charge is -2.19. The molecular formula is C21H17BrN2O3. The topological polar surface area (TPSA) is 74.8 Å². The molecule has 5 nitrogen and oxygen atoms in total. The molecule has 6 heteroatoms. The molecule has 3 aromatic rings. The van der Waals surface area contributed by atoms with Gasteiger partial charge in [-0.3, -0.25) is 4.99 Å². The number of para-hydroxylation sites is 2. The highest BCUT2D eigenvalue weighted by Gasteiger charge is 2.25. The van der Waals surface area contributed by atoms with Crippen molar-refractivity contribution in [1.29, 1.82) is 0 Å². The average molecular weight is 425 g/mol. The summed E-state index contributed by atoms with van der Waals surface area (Å²) in [6, 6.07) is 17.0. The van der Waals surface area contributed by atoms with Crippen LogP contribution in [0.2, 0.25) is 0 Å². The Morgan fingerprint density at radius 1 is 1.19 bits per heavy atom. The van der Waals surface area contributed by atoms with Crippen molar-refractivity contribution in [2.24, 2.45) is 4.99 Å². The van der Waals surface area contributed by atoms with Gasteiger partial charge in [0.25, 0.3) is 0 Å². The molecule has 2 aromatic carbocycles. The van der Waals surface area contributed by atoms with Crippen molar-refractivity contribution >= 4 is 33.0 Å². The second kappa shape index (κ2) is 7.04. The Balaban J connectivity index is 1.86. The monoisotopic (exact) mass is 424 g/mol. The Kier molecular flexibility index (Phi) is 4.58. The van der Waals surface area contributed by atoms with E-state index in [4.69, 9.17) is 4.42 Å². The zero-order valence-corrected chi connectivity index (χ0v) is 16.2. The van der Waals surface area contributed by atoms with Crippen molar-refractivity contribution in [1.82, 2.24) is 0 Å². The molecule has 0 bridgehead atoms. The fourth-order valence-electron chi connectivity index (χ4n) is 3.23. The molecule has 1 aromatic heterocycles. The van der Waals surface area contributed by atoms with Gasteiger partial charge in [0.1, 0.15) is 17.1 Å². The molecule has 136 valence electrons. The molecule has 0 saturated carbocycles. The quantitative estimate of drug-likeness (QED) is 0.600. The van der Waals surface area contributed by atoms with Crippen LogP contribution in [0.1, 0.15) is 29.3 Å². The molecule has 1 atom stereocenters. The van der Waals surface area contributed by atoms with Crippen LogP contribution in [0.25, 0.3) is 0 Å². The normalized spacial score (nSPS) is 16.1. The SMILES string of the molecule is Cc1cc(O)c(C2=Nc3ccccc3N[C@@H](c3ccc(Br)cc3)C2)c(=O)o1. The zero-order valence-electron chi connectivity index (χ0n) is 14.6. The van der Waals surface area contributed by atoms with Gasteiger partial charge in [0.05, 0.1) is 23.1 Å². The first-order valence-corrected chi connectivity index (χ1v) is 9.33. The number of fused-ring (bicyclic) bond motifs is 1. The van der Waals surface area contributed by atoms with Crippen LogP contribution in [0, 0.1) is 6.92 Å². The van der Waals surface area contributed by atoms with Gasteiger partial charge in [0.15, 0.2) is 0 Å². The fourth-order valence-corrected chi connectivity index (χ4v) is 3.50. The van der Waals surface area contributed by atoms with Crippen LogP contribution in [-0.4, -0.2) is 10.8 Å². The average Bonchev–Trinajstić information content (AvgIpc) is 2.81. The number of nitrogens with zero attached hydrogens (tertiary/aromatic N) is 1. The maximum absolute atomic E-state index is 12.4. The van der Waals surface area contributed by atoms with E-state index in [1.807, 2.05) is 48.5 Å². The summed E-state index contributed by atoms with van der Waals surface area (Å²) in [5.74, 6) is 0.245. The Hall–Kier alpha value is -2.86. The zero-order chi connectivity index (χ0) is 19.0. The number of halogens is 1. The van der Waals surface area contributed by atoms with E-state index < -0.39 is 5.63 Å². The summed E-state index contributed by atoms with van der Waals surface area (Å²) in [4.78, 5) is 17.1. The number of hydrogen-bond acceptors (Lipinski definition) is 5. The van der Waals surface area contributed by atoms with Crippen LogP contribution >= 0.6 is 15.9 Å². The minimum atomic E-state index is -0.583. The molecule has 0 aliphatic carbocycles. The smallest absolute Gasteiger partial charge is 0.348 e. The maximum atomic E-state index is 12.4. The van der Waals surface area contributed by atoms with Crippen LogP contribution < -0.4 is 10.9 Å². The molecule has 27 heavy (non-hydrogen) atoms. The lowest BCUT2D eigenvalue weighted by molar-refractivity contribution is 0.432. The molecule has 0 spiro atoms. The van der Waals surface area contributed by atoms with Gasteiger partial charge in [-0.15, -0.1) is 0 Å². The standard InChI is InChI=1S/C21H17BrN2O3/c1-12-10-19(25)20(21(26)27-12)18-11-17(13-6-8-14(22)9-7-13)23-15-4-2-3-5-16(15)24-18/h2-10,17,23,25H,11H2,1H3/t17-/m1/s1. The summed E-state index contributed by atoms with van der Waals surface area (Å²) in [5.41, 5.74) is 2.66. The van der Waals surface area contributed by atoms with Gasteiger partial charge in [-0.25, -0.2) is 4.79 Å². The van der Waals surface area contributed by atoms with Gasteiger partial charge in [0, 0.05) is 17.0 Å². The fraction of sp³-hybridized carbons (Fsp3) is 0.143. The number of aliphatic imine (C=N–C) groups is 1. The molecule has 1 aliphatic rings. The molecule has 0 saturated heterocycles. The summed E-state index contributed by atoms with van der Waals surface area (Å²) in [6.45, 7) is 1.63. The van der Waals surface area contributed by atoms with Gasteiger partial charge in [-0.1, -0.05) is 40.2 Å². The van der Waals surface area contributed by atoms with E-state index in [-0.39, 0.29) is 17.4 Å². The van der Waals surface area contributed by atoms with E-state index in [1.54, 1.807) is 6.92 Å². The van der Waals surface area contributed by atoms with Crippen molar-refractivity contribution in [3.8, 4) is 5.75 Å². The third-order valence-electron chi connectivity index (χ3n) is 4.50. The number of benzene rings is 2. The molecule has 2 N–H and O–H groups in total. The predicted octanol–water partition coefficient (Wildman–Crippen LogP) is 5.09. The van der Waals surface area contributed by atoms with Crippen molar-refractivity contribution in [3.63, 3.8) is 0 Å². The number of hydrogen-bond donors (Lipinski definition) is 2. The summed E-state index contributed by atoms with van der Waals surface area (Å²) in [6.07, 6.45) is 0.428. The second-order valence-corrected chi connectivity index (χ2v) is 7.35. The van der Waals surface area contributed by atoms with Crippen molar-refractivity contribution < 1.29 is 9.52 Å². The highest BCUT2D eigenvalue weighted by atomic mass is 79.9. The van der Waals surface area contributed by atoms with E-state index in [9.17, 15) is 9.90 Å². The molecule has 1 aliphatic heterocycles. The lowest BCUT2D eigenvalue weighted by Crippen LogP contribution is -2.19. The van der Waals surface area contributed by atoms with E-state index in [2.05, 4.69) is 26.2 Å². The van der Waals surface area contributed by atoms with Gasteiger partial charge in [-0.05, 0) is 36.8 Å². The highest BCUT2D eigenvalue weighted by molar-refractivity contribution is 9.10. The predicted molar refractivity (Wildman–Crippen MR) is 109 cm³/mol. The molecule has 0 amide bonds. The molecule has 0 radical (unpaired) electrons. The first-order valence-electron chi connectivity index (χ1n) is 8.54. The minimum Gasteiger partial charge on any atom is -0.507 e. The number of anilines is 1. The maximum Gasteiger partial charge on any atom is 0.348 e. The van der Waals surface area contributed by atoms with Gasteiger partial charge < -0.3 is 14.8 Å². The van der Waals surface area contributed by atoms with Crippen LogP contribution in [-0.2, 0) is 0 Å². The Morgan fingerprint density at radius 2 is 1.93 bits per heavy atom. The lowest BCUT2D eigenvalue weighted by atomic mass is 9.97. The summed E-state index contributed by atoms with van der Waals surface area (Å²) in [7, 11) is 0. The van der Waals surface area contributed by atoms with Crippen LogP contribution in [0.4, 0.5) is 11.4 Å². The van der Waals surface area contributed by atoms with E-state index in [0.29, 0.717) is 23.6 Å². The Labute approximate surface area is 164 Å². The van der Waals surface area contributed by atoms with Crippen molar-refractivity contribution in [3.05, 3.63) is 86.4 Å². The number of nitrogens with one attached hydrogen (secondary N) is 1. The molecule has 0 unspecified atom stereocenters. The van der Waals surface area contributed by atoms with Crippen LogP contribution in [0.3, 0.4) is 0 Å². The highest BCUT2D eigenvalue weighted by Crippen LogP contribution is 2.36. The van der Waals surface area contributed by atoms with E-state index in [0.717, 1.165) is 15.7 Å². The van der Waals surface area contributed by atoms with E-state index >= 15 is 0 Å². The first kappa shape index (κ1) is 17.5. The van der Waals surface area contributed by atoms with Gasteiger partial charge in [0.2, 0.25) is 0 Å². The third kappa shape index (κ3) is 3.53. The summed E-state index contributed by atoms with van der Waals surface area (Å²) >= 11 is 3.45. The largest absolute Gasteiger partial charge is 0.507 e. The molecule has 2 heterocycles. The van der Waals surface area contributed by atoms with Crippen LogP contribution in [0.5, 0.6) is 5.75 Å². The molecule has 0 fully saturated rings. The molecule has 4 rings (SSSR count). The molecular weight excluding hydrogens is 408 g/mol. The number of aromatic hydroxyl groups is 1. The first-order chi connectivity index (χ1) is 13.0. The summed E-state index contributed by atoms with van der Waals surface area (Å²) < 4.78 is 6.20. The summed E-state index contributed by atoms with van der Waals surface area (Å²) in [5, 5.41) is 13.9. The van der Waals surface area contributed by atoms with Gasteiger partial charge in [-0.2, -0.15) is 0 Å². The van der Waals surface area contributed by atoms with Gasteiger partial charge >= 0.3 is 5.63 Å². The second-order valence-electron chi connectivity index (χ2n) is 6.43. The van der Waals surface area contributed by atoms with E-state index in [1.165, 1.54) is 6.07 Å². The number of rotatable bonds is 2. The van der Waals surface area contributed by atoms with Crippen molar-refractivity contribution in [2.45, 2.75) is 19.4 Å². The van der Waals surface area contributed by atoms with Crippen molar-refractivity contribution in [2.75, 3.05) is 5.32 Å². The Bertz CT molecular complexity index is 1090. The third-order valence-corrected chi connectivity index (χ3v) is 5.03. The Morgan fingerprint density at radius 3 is 2.67 bits per heavy atom. The van der Waals surface area contributed by atoms with Crippen LogP contribution in [0.15, 0.2) is 73.3 Å². The number of aryl methyl sites for hydroxylation is 1. The minimum absolute atomic E-state index is 0.111.